The summed E-state index contributed by atoms with van der Waals surface area (Å²) in [5.74, 6) is 0.917. The third-order valence-electron chi connectivity index (χ3n) is 5.61. The van der Waals surface area contributed by atoms with Crippen LogP contribution in [0.25, 0.3) is 0 Å². The minimum absolute atomic E-state index is 0.0133. The van der Waals surface area contributed by atoms with Gasteiger partial charge in [0.2, 0.25) is 11.8 Å². The summed E-state index contributed by atoms with van der Waals surface area (Å²) < 4.78 is 5.16. The molecule has 2 heterocycles. The van der Waals surface area contributed by atoms with Crippen LogP contribution in [0.15, 0.2) is 22.7 Å². The molecule has 0 bridgehead atoms. The first-order valence-corrected chi connectivity index (χ1v) is 10.1. The predicted octanol–water partition coefficient (Wildman–Crippen LogP) is 2.62. The summed E-state index contributed by atoms with van der Waals surface area (Å²) >= 11 is 0. The van der Waals surface area contributed by atoms with Gasteiger partial charge in [0.25, 0.3) is 0 Å². The second-order valence-corrected chi connectivity index (χ2v) is 7.77. The number of carbonyl (C=O) groups excluding carboxylic acids is 2. The number of rotatable bonds is 6. The van der Waals surface area contributed by atoms with Crippen molar-refractivity contribution in [3.05, 3.63) is 46.3 Å². The molecule has 1 saturated heterocycles. The van der Waals surface area contributed by atoms with E-state index < -0.39 is 0 Å². The highest BCUT2D eigenvalue weighted by Gasteiger charge is 2.23. The molecular formula is C22H30N4O3. The average Bonchev–Trinajstić information content (AvgIpc) is 3.01. The van der Waals surface area contributed by atoms with E-state index in [1.54, 1.807) is 0 Å². The maximum absolute atomic E-state index is 12.5. The Balaban J connectivity index is 1.44. The lowest BCUT2D eigenvalue weighted by atomic mass is 10.1. The number of nitrogens with one attached hydrogen (secondary N) is 1. The number of piperazine rings is 1. The Kier molecular flexibility index (Phi) is 6.69. The van der Waals surface area contributed by atoms with E-state index in [9.17, 15) is 9.59 Å². The minimum atomic E-state index is -0.0133. The molecular weight excluding hydrogens is 368 g/mol. The van der Waals surface area contributed by atoms with Crippen molar-refractivity contribution >= 4 is 17.5 Å². The van der Waals surface area contributed by atoms with E-state index in [-0.39, 0.29) is 11.8 Å². The number of para-hydroxylation sites is 1. The summed E-state index contributed by atoms with van der Waals surface area (Å²) in [7, 11) is 0. The Morgan fingerprint density at radius 3 is 2.31 bits per heavy atom. The summed E-state index contributed by atoms with van der Waals surface area (Å²) in [6, 6.07) is 5.98. The molecule has 1 fully saturated rings. The smallest absolute Gasteiger partial charge is 0.238 e. The highest BCUT2D eigenvalue weighted by molar-refractivity contribution is 5.93. The number of anilines is 1. The van der Waals surface area contributed by atoms with Crippen LogP contribution in [-0.2, 0) is 16.0 Å². The van der Waals surface area contributed by atoms with Crippen LogP contribution in [0, 0.1) is 27.7 Å². The van der Waals surface area contributed by atoms with Crippen LogP contribution in [0.4, 0.5) is 5.69 Å². The topological polar surface area (TPSA) is 78.7 Å². The van der Waals surface area contributed by atoms with E-state index in [1.807, 2.05) is 50.8 Å². The average molecular weight is 399 g/mol. The minimum Gasteiger partial charge on any atom is -0.361 e. The molecule has 0 radical (unpaired) electrons. The summed E-state index contributed by atoms with van der Waals surface area (Å²) in [6.45, 7) is 10.8. The van der Waals surface area contributed by atoms with E-state index in [4.69, 9.17) is 4.52 Å². The molecule has 1 aromatic carbocycles. The zero-order chi connectivity index (χ0) is 21.0. The van der Waals surface area contributed by atoms with Crippen LogP contribution in [0.3, 0.4) is 0 Å². The molecule has 3 rings (SSSR count). The fourth-order valence-electron chi connectivity index (χ4n) is 3.80. The van der Waals surface area contributed by atoms with Crippen LogP contribution < -0.4 is 5.32 Å². The molecule has 7 heteroatoms. The Morgan fingerprint density at radius 2 is 1.72 bits per heavy atom. The van der Waals surface area contributed by atoms with Gasteiger partial charge in [-0.3, -0.25) is 14.5 Å². The van der Waals surface area contributed by atoms with Crippen molar-refractivity contribution in [1.82, 2.24) is 15.0 Å². The molecule has 1 aliphatic rings. The molecule has 1 aromatic heterocycles. The van der Waals surface area contributed by atoms with Crippen molar-refractivity contribution in [2.75, 3.05) is 38.0 Å². The Bertz CT molecular complexity index is 842. The number of hydrogen-bond acceptors (Lipinski definition) is 5. The molecule has 156 valence electrons. The van der Waals surface area contributed by atoms with Gasteiger partial charge in [0.15, 0.2) is 0 Å². The van der Waals surface area contributed by atoms with Crippen molar-refractivity contribution in [2.24, 2.45) is 0 Å². The Hall–Kier alpha value is -2.67. The lowest BCUT2D eigenvalue weighted by Crippen LogP contribution is -2.50. The van der Waals surface area contributed by atoms with Gasteiger partial charge in [-0.15, -0.1) is 0 Å². The van der Waals surface area contributed by atoms with E-state index in [0.717, 1.165) is 33.8 Å². The Morgan fingerprint density at radius 1 is 1.07 bits per heavy atom. The standard InChI is InChI=1S/C22H30N4O3/c1-15-6-5-7-16(2)22(15)23-20(27)14-25-10-12-26(13-11-25)21(28)9-8-19-17(3)24-29-18(19)4/h5-7H,8-14H2,1-4H3,(H,23,27). The normalized spacial score (nSPS) is 14.8. The lowest BCUT2D eigenvalue weighted by Gasteiger charge is -2.34. The SMILES string of the molecule is Cc1cccc(C)c1NC(=O)CN1CCN(C(=O)CCc2c(C)noc2C)CC1. The van der Waals surface area contributed by atoms with Crippen molar-refractivity contribution in [3.63, 3.8) is 0 Å². The van der Waals surface area contributed by atoms with Crippen molar-refractivity contribution in [1.29, 1.82) is 0 Å². The summed E-state index contributed by atoms with van der Waals surface area (Å²) in [4.78, 5) is 29.0. The number of hydrogen-bond donors (Lipinski definition) is 1. The first kappa shape index (κ1) is 21.0. The van der Waals surface area contributed by atoms with Crippen LogP contribution >= 0.6 is 0 Å². The highest BCUT2D eigenvalue weighted by atomic mass is 16.5. The van der Waals surface area contributed by atoms with E-state index >= 15 is 0 Å². The molecule has 0 aliphatic carbocycles. The third-order valence-corrected chi connectivity index (χ3v) is 5.61. The number of aromatic nitrogens is 1. The highest BCUT2D eigenvalue weighted by Crippen LogP contribution is 2.19. The molecule has 0 unspecified atom stereocenters. The van der Waals surface area contributed by atoms with E-state index in [0.29, 0.717) is 45.6 Å². The predicted molar refractivity (Wildman–Crippen MR) is 112 cm³/mol. The molecule has 0 spiro atoms. The first-order chi connectivity index (χ1) is 13.8. The van der Waals surface area contributed by atoms with Gasteiger partial charge < -0.3 is 14.7 Å². The molecule has 2 aromatic rings. The second-order valence-electron chi connectivity index (χ2n) is 7.77. The van der Waals surface area contributed by atoms with E-state index in [2.05, 4.69) is 15.4 Å². The lowest BCUT2D eigenvalue weighted by molar-refractivity contribution is -0.133. The van der Waals surface area contributed by atoms with Crippen LogP contribution in [0.1, 0.15) is 34.6 Å². The van der Waals surface area contributed by atoms with Crippen molar-refractivity contribution in [3.8, 4) is 0 Å². The number of benzene rings is 1. The van der Waals surface area contributed by atoms with Crippen LogP contribution in [-0.4, -0.2) is 59.5 Å². The largest absolute Gasteiger partial charge is 0.361 e. The third kappa shape index (κ3) is 5.23. The number of amides is 2. The summed E-state index contributed by atoms with van der Waals surface area (Å²) in [6.07, 6.45) is 1.11. The zero-order valence-electron chi connectivity index (χ0n) is 17.7. The van der Waals surface area contributed by atoms with Gasteiger partial charge in [-0.1, -0.05) is 23.4 Å². The number of nitrogens with zero attached hydrogens (tertiary/aromatic N) is 3. The molecule has 29 heavy (non-hydrogen) atoms. The molecule has 2 amide bonds. The van der Waals surface area contributed by atoms with Gasteiger partial charge in [-0.05, 0) is 45.2 Å². The van der Waals surface area contributed by atoms with Gasteiger partial charge in [0.05, 0.1) is 12.2 Å². The van der Waals surface area contributed by atoms with Gasteiger partial charge in [-0.2, -0.15) is 0 Å². The van der Waals surface area contributed by atoms with Crippen molar-refractivity contribution < 1.29 is 14.1 Å². The fourth-order valence-corrected chi connectivity index (χ4v) is 3.80. The fraction of sp³-hybridized carbons (Fsp3) is 0.500. The summed E-state index contributed by atoms with van der Waals surface area (Å²) in [5, 5.41) is 6.97. The van der Waals surface area contributed by atoms with Gasteiger partial charge in [0.1, 0.15) is 5.76 Å². The number of carbonyl (C=O) groups is 2. The van der Waals surface area contributed by atoms with E-state index in [1.165, 1.54) is 0 Å². The molecule has 0 saturated carbocycles. The Labute approximate surface area is 172 Å². The summed E-state index contributed by atoms with van der Waals surface area (Å²) in [5.41, 5.74) is 4.90. The maximum atomic E-state index is 12.5. The van der Waals surface area contributed by atoms with Gasteiger partial charge >= 0.3 is 0 Å². The quantitative estimate of drug-likeness (QED) is 0.809. The number of aryl methyl sites for hydroxylation is 4. The molecule has 1 aliphatic heterocycles. The van der Waals surface area contributed by atoms with Crippen molar-refractivity contribution in [2.45, 2.75) is 40.5 Å². The molecule has 1 N–H and O–H groups in total. The second kappa shape index (κ2) is 9.22. The maximum Gasteiger partial charge on any atom is 0.238 e. The first-order valence-electron chi connectivity index (χ1n) is 10.1. The monoisotopic (exact) mass is 398 g/mol. The van der Waals surface area contributed by atoms with Crippen LogP contribution in [0.2, 0.25) is 0 Å². The molecule has 0 atom stereocenters. The molecule has 7 nitrogen and oxygen atoms in total. The van der Waals surface area contributed by atoms with Gasteiger partial charge in [0, 0.05) is 43.9 Å². The van der Waals surface area contributed by atoms with Crippen LogP contribution in [0.5, 0.6) is 0 Å². The zero-order valence-corrected chi connectivity index (χ0v) is 17.7. The van der Waals surface area contributed by atoms with Gasteiger partial charge in [-0.25, -0.2) is 0 Å².